The molecule has 5 nitrogen and oxygen atoms in total. The molecule has 144 valence electrons. The van der Waals surface area contributed by atoms with Crippen LogP contribution in [0.15, 0.2) is 24.3 Å². The van der Waals surface area contributed by atoms with Crippen molar-refractivity contribution in [3.63, 3.8) is 0 Å². The van der Waals surface area contributed by atoms with Crippen LogP contribution in [0.1, 0.15) is 26.3 Å². The summed E-state index contributed by atoms with van der Waals surface area (Å²) in [6.07, 6.45) is 0.493. The largest absolute Gasteiger partial charge is 0.373 e. The number of morpholine rings is 1. The Morgan fingerprint density at radius 1 is 1.24 bits per heavy atom. The number of carbonyl (C=O) groups excluding carboxylic acids is 1. The van der Waals surface area contributed by atoms with Crippen LogP contribution in [0.4, 0.5) is 5.69 Å². The molecule has 0 spiro atoms. The molecule has 0 aliphatic carbocycles. The molecule has 3 atom stereocenters. The van der Waals surface area contributed by atoms with Gasteiger partial charge in [-0.15, -0.1) is 24.8 Å². The van der Waals surface area contributed by atoms with Gasteiger partial charge in [-0.1, -0.05) is 25.1 Å². The van der Waals surface area contributed by atoms with E-state index < -0.39 is 0 Å². The highest BCUT2D eigenvalue weighted by atomic mass is 35.5. The summed E-state index contributed by atoms with van der Waals surface area (Å²) in [7, 11) is 1.86. The van der Waals surface area contributed by atoms with Gasteiger partial charge in [0.2, 0.25) is 5.91 Å². The molecular formula is C18H31Cl2N3O2. The maximum absolute atomic E-state index is 12.3. The Labute approximate surface area is 163 Å². The quantitative estimate of drug-likeness (QED) is 0.782. The average molecular weight is 392 g/mol. The number of nitrogens with zero attached hydrogens (tertiary/aromatic N) is 1. The number of nitrogens with one attached hydrogen (secondary N) is 2. The van der Waals surface area contributed by atoms with Gasteiger partial charge in [-0.2, -0.15) is 0 Å². The minimum absolute atomic E-state index is 0. The van der Waals surface area contributed by atoms with Crippen molar-refractivity contribution in [2.75, 3.05) is 32.0 Å². The van der Waals surface area contributed by atoms with Gasteiger partial charge in [0.15, 0.2) is 0 Å². The van der Waals surface area contributed by atoms with Gasteiger partial charge in [0.1, 0.15) is 0 Å². The molecular weight excluding hydrogens is 361 g/mol. The molecule has 1 aromatic rings. The minimum atomic E-state index is -0.0588. The van der Waals surface area contributed by atoms with Gasteiger partial charge < -0.3 is 15.4 Å². The summed E-state index contributed by atoms with van der Waals surface area (Å²) in [5.41, 5.74) is 2.06. The number of amides is 1. The predicted molar refractivity (Wildman–Crippen MR) is 108 cm³/mol. The molecule has 2 N–H and O–H groups in total. The summed E-state index contributed by atoms with van der Waals surface area (Å²) in [5, 5.41) is 6.11. The number of benzene rings is 1. The van der Waals surface area contributed by atoms with Crippen LogP contribution >= 0.6 is 24.8 Å². The number of para-hydroxylation sites is 1. The van der Waals surface area contributed by atoms with E-state index in [4.69, 9.17) is 4.74 Å². The Morgan fingerprint density at radius 2 is 1.84 bits per heavy atom. The van der Waals surface area contributed by atoms with Gasteiger partial charge in [-0.05, 0) is 32.5 Å². The normalized spacial score (nSPS) is 21.6. The van der Waals surface area contributed by atoms with Gasteiger partial charge in [0, 0.05) is 37.8 Å². The van der Waals surface area contributed by atoms with Crippen LogP contribution in [0.25, 0.3) is 0 Å². The topological polar surface area (TPSA) is 53.6 Å². The van der Waals surface area contributed by atoms with Crippen molar-refractivity contribution in [3.8, 4) is 0 Å². The lowest BCUT2D eigenvalue weighted by Crippen LogP contribution is -2.44. The predicted octanol–water partition coefficient (Wildman–Crippen LogP) is 2.93. The van der Waals surface area contributed by atoms with Crippen LogP contribution < -0.4 is 10.6 Å². The molecule has 1 fully saturated rings. The third kappa shape index (κ3) is 7.50. The third-order valence-electron chi connectivity index (χ3n) is 4.12. The Kier molecular flexibility index (Phi) is 11.3. The molecule has 7 heteroatoms. The fraction of sp³-hybridized carbons (Fsp3) is 0.611. The molecule has 1 saturated heterocycles. The summed E-state index contributed by atoms with van der Waals surface area (Å²) < 4.78 is 5.79. The van der Waals surface area contributed by atoms with E-state index in [1.165, 1.54) is 0 Å². The van der Waals surface area contributed by atoms with Crippen molar-refractivity contribution in [1.82, 2.24) is 10.2 Å². The summed E-state index contributed by atoms with van der Waals surface area (Å²) in [4.78, 5) is 14.7. The molecule has 3 unspecified atom stereocenters. The molecule has 25 heavy (non-hydrogen) atoms. The van der Waals surface area contributed by atoms with Crippen LogP contribution in [0.2, 0.25) is 0 Å². The fourth-order valence-corrected chi connectivity index (χ4v) is 3.09. The Hall–Kier alpha value is -0.850. The van der Waals surface area contributed by atoms with Crippen LogP contribution in [0.3, 0.4) is 0 Å². The summed E-state index contributed by atoms with van der Waals surface area (Å²) >= 11 is 0. The summed E-state index contributed by atoms with van der Waals surface area (Å²) in [6, 6.07) is 8.05. The van der Waals surface area contributed by atoms with Crippen LogP contribution in [0.5, 0.6) is 0 Å². The standard InChI is InChI=1S/C18H29N3O2.2ClH/c1-13(9-19-4)18(22)20-17-8-6-5-7-16(17)12-21-10-14(2)23-15(3)11-21;;/h5-8,13-15,19H,9-12H2,1-4H3,(H,20,22);2*1H. The second-order valence-corrected chi connectivity index (χ2v) is 6.56. The molecule has 1 aromatic carbocycles. The lowest BCUT2D eigenvalue weighted by atomic mass is 10.1. The number of hydrogen-bond acceptors (Lipinski definition) is 4. The zero-order chi connectivity index (χ0) is 16.8. The van der Waals surface area contributed by atoms with E-state index in [2.05, 4.69) is 35.4 Å². The van der Waals surface area contributed by atoms with Crippen molar-refractivity contribution < 1.29 is 9.53 Å². The second-order valence-electron chi connectivity index (χ2n) is 6.56. The number of anilines is 1. The molecule has 0 saturated carbocycles. The molecule has 1 heterocycles. The third-order valence-corrected chi connectivity index (χ3v) is 4.12. The van der Waals surface area contributed by atoms with Gasteiger partial charge in [-0.25, -0.2) is 0 Å². The maximum atomic E-state index is 12.3. The van der Waals surface area contributed by atoms with E-state index in [0.717, 1.165) is 30.9 Å². The maximum Gasteiger partial charge on any atom is 0.228 e. The molecule has 1 aliphatic heterocycles. The van der Waals surface area contributed by atoms with Gasteiger partial charge in [0.25, 0.3) is 0 Å². The van der Waals surface area contributed by atoms with E-state index in [9.17, 15) is 4.79 Å². The Morgan fingerprint density at radius 3 is 2.44 bits per heavy atom. The van der Waals surface area contributed by atoms with Crippen molar-refractivity contribution in [2.45, 2.75) is 39.5 Å². The van der Waals surface area contributed by atoms with E-state index in [0.29, 0.717) is 6.54 Å². The highest BCUT2D eigenvalue weighted by Crippen LogP contribution is 2.20. The molecule has 0 bridgehead atoms. The lowest BCUT2D eigenvalue weighted by molar-refractivity contribution is -0.119. The first kappa shape index (κ1) is 24.1. The highest BCUT2D eigenvalue weighted by Gasteiger charge is 2.23. The second kappa shape index (κ2) is 11.7. The summed E-state index contributed by atoms with van der Waals surface area (Å²) in [5.74, 6) is -0.00741. The van der Waals surface area contributed by atoms with Crippen molar-refractivity contribution in [2.24, 2.45) is 5.92 Å². The molecule has 0 radical (unpaired) electrons. The number of rotatable bonds is 6. The smallest absolute Gasteiger partial charge is 0.228 e. The number of ether oxygens (including phenoxy) is 1. The number of hydrogen-bond donors (Lipinski definition) is 2. The first-order chi connectivity index (χ1) is 11.0. The zero-order valence-corrected chi connectivity index (χ0v) is 17.1. The van der Waals surface area contributed by atoms with Crippen LogP contribution in [-0.2, 0) is 16.1 Å². The first-order valence-corrected chi connectivity index (χ1v) is 8.40. The SMILES string of the molecule is CNCC(C)C(=O)Nc1ccccc1CN1CC(C)OC(C)C1.Cl.Cl. The number of halogens is 2. The highest BCUT2D eigenvalue weighted by molar-refractivity contribution is 5.93. The Balaban J connectivity index is 0.00000288. The van der Waals surface area contributed by atoms with E-state index in [-0.39, 0.29) is 48.8 Å². The van der Waals surface area contributed by atoms with Crippen LogP contribution in [0, 0.1) is 5.92 Å². The lowest BCUT2D eigenvalue weighted by Gasteiger charge is -2.35. The van der Waals surface area contributed by atoms with Crippen molar-refractivity contribution in [1.29, 1.82) is 0 Å². The van der Waals surface area contributed by atoms with Crippen molar-refractivity contribution >= 4 is 36.4 Å². The average Bonchev–Trinajstić information content (AvgIpc) is 2.48. The van der Waals surface area contributed by atoms with Crippen LogP contribution in [-0.4, -0.2) is 49.7 Å². The summed E-state index contributed by atoms with van der Waals surface area (Å²) in [6.45, 7) is 9.48. The zero-order valence-electron chi connectivity index (χ0n) is 15.5. The van der Waals surface area contributed by atoms with Gasteiger partial charge >= 0.3 is 0 Å². The van der Waals surface area contributed by atoms with Gasteiger partial charge in [0.05, 0.1) is 12.2 Å². The molecule has 0 aromatic heterocycles. The van der Waals surface area contributed by atoms with Crippen molar-refractivity contribution in [3.05, 3.63) is 29.8 Å². The molecule has 2 rings (SSSR count). The number of carbonyl (C=O) groups is 1. The van der Waals surface area contributed by atoms with E-state index in [1.807, 2.05) is 32.2 Å². The first-order valence-electron chi connectivity index (χ1n) is 8.40. The minimum Gasteiger partial charge on any atom is -0.373 e. The monoisotopic (exact) mass is 391 g/mol. The molecule has 1 amide bonds. The van der Waals surface area contributed by atoms with E-state index >= 15 is 0 Å². The van der Waals surface area contributed by atoms with E-state index in [1.54, 1.807) is 0 Å². The molecule has 1 aliphatic rings. The van der Waals surface area contributed by atoms with Gasteiger partial charge in [-0.3, -0.25) is 9.69 Å². The fourth-order valence-electron chi connectivity index (χ4n) is 3.09. The Bertz CT molecular complexity index is 521.